The number of methoxy groups -OCH3 is 1. The van der Waals surface area contributed by atoms with E-state index in [1.54, 1.807) is 9.78 Å². The quantitative estimate of drug-likeness (QED) is 0.830. The molecule has 0 spiro atoms. The van der Waals surface area contributed by atoms with Gasteiger partial charge in [-0.05, 0) is 23.9 Å². The fourth-order valence-corrected chi connectivity index (χ4v) is 3.27. The monoisotopic (exact) mass is 306 g/mol. The normalized spacial score (nSPS) is 10.2. The highest BCUT2D eigenvalue weighted by molar-refractivity contribution is 8.19. The van der Waals surface area contributed by atoms with Crippen LogP contribution in [0.5, 0.6) is 5.88 Å². The standard InChI is InChI=1S/C9H14N4O2S3/c1-15-7-4-6(11-8(10)12-7)5-18-9(14)13(16-2)17-3/h4H,5H2,1-3H3,(H2,10,11,12). The maximum atomic E-state index is 11.8. The summed E-state index contributed by atoms with van der Waals surface area (Å²) in [5.74, 6) is 0.973. The van der Waals surface area contributed by atoms with Crippen LogP contribution in [0.25, 0.3) is 0 Å². The van der Waals surface area contributed by atoms with Crippen molar-refractivity contribution in [1.29, 1.82) is 0 Å². The molecule has 2 N–H and O–H groups in total. The number of hydrogen-bond acceptors (Lipinski definition) is 8. The maximum absolute atomic E-state index is 11.8. The van der Waals surface area contributed by atoms with Gasteiger partial charge >= 0.3 is 5.24 Å². The number of amides is 1. The summed E-state index contributed by atoms with van der Waals surface area (Å²) in [5, 5.41) is -0.0360. The highest BCUT2D eigenvalue weighted by atomic mass is 32.2. The molecule has 9 heteroatoms. The van der Waals surface area contributed by atoms with Crippen LogP contribution in [0.15, 0.2) is 6.07 Å². The fraction of sp³-hybridized carbons (Fsp3) is 0.444. The van der Waals surface area contributed by atoms with Crippen LogP contribution in [-0.2, 0) is 5.75 Å². The lowest BCUT2D eigenvalue weighted by molar-refractivity contribution is 0.259. The minimum atomic E-state index is -0.0360. The molecular formula is C9H14N4O2S3. The van der Waals surface area contributed by atoms with E-state index in [9.17, 15) is 4.79 Å². The zero-order chi connectivity index (χ0) is 13.5. The molecule has 0 radical (unpaired) electrons. The molecule has 1 amide bonds. The number of nitrogen functional groups attached to an aromatic ring is 1. The Hall–Kier alpha value is -0.800. The van der Waals surface area contributed by atoms with Crippen molar-refractivity contribution in [3.63, 3.8) is 0 Å². The number of aromatic nitrogens is 2. The molecule has 0 saturated heterocycles. The van der Waals surface area contributed by atoms with Crippen molar-refractivity contribution in [3.05, 3.63) is 11.8 Å². The Morgan fingerprint density at radius 2 is 2.11 bits per heavy atom. The number of anilines is 1. The number of rotatable bonds is 5. The van der Waals surface area contributed by atoms with Gasteiger partial charge in [-0.25, -0.2) is 8.69 Å². The fourth-order valence-electron chi connectivity index (χ4n) is 1.08. The predicted octanol–water partition coefficient (Wildman–Crippen LogP) is 2.28. The molecule has 0 bridgehead atoms. The minimum Gasteiger partial charge on any atom is -0.481 e. The molecule has 0 aliphatic heterocycles. The molecule has 6 nitrogen and oxygen atoms in total. The first kappa shape index (κ1) is 15.3. The van der Waals surface area contributed by atoms with E-state index in [-0.39, 0.29) is 11.2 Å². The molecule has 0 unspecified atom stereocenters. The second-order valence-corrected chi connectivity index (χ2v) is 5.56. The van der Waals surface area contributed by atoms with Gasteiger partial charge in [0.1, 0.15) is 0 Å². The summed E-state index contributed by atoms with van der Waals surface area (Å²) in [6.45, 7) is 0. The molecule has 0 fully saturated rings. The molecule has 0 aromatic carbocycles. The van der Waals surface area contributed by atoms with E-state index in [0.29, 0.717) is 17.3 Å². The molecule has 1 heterocycles. The van der Waals surface area contributed by atoms with Gasteiger partial charge in [0.05, 0.1) is 12.8 Å². The summed E-state index contributed by atoms with van der Waals surface area (Å²) in [4.78, 5) is 19.7. The van der Waals surface area contributed by atoms with Crippen molar-refractivity contribution >= 4 is 46.8 Å². The van der Waals surface area contributed by atoms with E-state index in [4.69, 9.17) is 10.5 Å². The Balaban J connectivity index is 2.63. The first-order chi connectivity index (χ1) is 8.60. The molecule has 18 heavy (non-hydrogen) atoms. The van der Waals surface area contributed by atoms with E-state index in [0.717, 1.165) is 11.8 Å². The van der Waals surface area contributed by atoms with E-state index in [2.05, 4.69) is 9.97 Å². The smallest absolute Gasteiger partial charge is 0.302 e. The van der Waals surface area contributed by atoms with Crippen LogP contribution in [0.4, 0.5) is 10.7 Å². The van der Waals surface area contributed by atoms with Crippen molar-refractivity contribution in [2.75, 3.05) is 25.4 Å². The van der Waals surface area contributed by atoms with E-state index >= 15 is 0 Å². The maximum Gasteiger partial charge on any atom is 0.302 e. The van der Waals surface area contributed by atoms with Gasteiger partial charge in [-0.1, -0.05) is 11.8 Å². The van der Waals surface area contributed by atoms with Crippen LogP contribution in [0.2, 0.25) is 0 Å². The highest BCUT2D eigenvalue weighted by Crippen LogP contribution is 2.25. The number of nitrogens with two attached hydrogens (primary N) is 1. The van der Waals surface area contributed by atoms with Gasteiger partial charge in [0.25, 0.3) is 0 Å². The van der Waals surface area contributed by atoms with E-state index in [1.165, 1.54) is 31.0 Å². The Kier molecular flexibility index (Phi) is 6.44. The number of ether oxygens (including phenoxy) is 1. The van der Waals surface area contributed by atoms with Gasteiger partial charge in [-0.2, -0.15) is 4.98 Å². The topological polar surface area (TPSA) is 81.3 Å². The second-order valence-electron chi connectivity index (χ2n) is 2.94. The number of hydrogen-bond donors (Lipinski definition) is 1. The highest BCUT2D eigenvalue weighted by Gasteiger charge is 2.13. The lowest BCUT2D eigenvalue weighted by Crippen LogP contribution is -2.11. The van der Waals surface area contributed by atoms with Gasteiger partial charge in [-0.15, -0.1) is 0 Å². The van der Waals surface area contributed by atoms with Crippen molar-refractivity contribution in [1.82, 2.24) is 13.7 Å². The predicted molar refractivity (Wildman–Crippen MR) is 78.6 cm³/mol. The molecule has 100 valence electrons. The molecule has 0 aliphatic carbocycles. The number of carbonyl (C=O) groups excluding carboxylic acids is 1. The third kappa shape index (κ3) is 4.46. The van der Waals surface area contributed by atoms with Crippen LogP contribution in [0, 0.1) is 0 Å². The Morgan fingerprint density at radius 1 is 1.44 bits per heavy atom. The van der Waals surface area contributed by atoms with E-state index < -0.39 is 0 Å². The molecule has 0 atom stereocenters. The summed E-state index contributed by atoms with van der Waals surface area (Å²) >= 11 is 3.89. The van der Waals surface area contributed by atoms with Crippen molar-refractivity contribution in [3.8, 4) is 5.88 Å². The number of nitrogens with zero attached hydrogens (tertiary/aromatic N) is 3. The summed E-state index contributed by atoms with van der Waals surface area (Å²) in [6.07, 6.45) is 3.70. The summed E-state index contributed by atoms with van der Waals surface area (Å²) < 4.78 is 6.58. The average Bonchev–Trinajstić information content (AvgIpc) is 2.37. The third-order valence-electron chi connectivity index (χ3n) is 1.81. The van der Waals surface area contributed by atoms with Crippen LogP contribution in [0.1, 0.15) is 5.69 Å². The molecule has 0 saturated carbocycles. The van der Waals surface area contributed by atoms with Crippen LogP contribution in [0.3, 0.4) is 0 Å². The minimum absolute atomic E-state index is 0.0360. The number of carbonyl (C=O) groups is 1. The summed E-state index contributed by atoms with van der Waals surface area (Å²) in [5.41, 5.74) is 6.20. The summed E-state index contributed by atoms with van der Waals surface area (Å²) in [7, 11) is 1.51. The van der Waals surface area contributed by atoms with Crippen LogP contribution < -0.4 is 10.5 Å². The van der Waals surface area contributed by atoms with Crippen molar-refractivity contribution in [2.45, 2.75) is 5.75 Å². The first-order valence-corrected chi connectivity index (χ1v) is 8.18. The molecule has 0 aliphatic rings. The van der Waals surface area contributed by atoms with Gasteiger partial charge in [0, 0.05) is 24.3 Å². The SMILES string of the molecule is COc1cc(CSC(=O)N(SC)SC)nc(N)n1. The van der Waals surface area contributed by atoms with Gasteiger partial charge in [-0.3, -0.25) is 4.79 Å². The molecule has 1 aromatic heterocycles. The zero-order valence-electron chi connectivity index (χ0n) is 10.2. The second kappa shape index (κ2) is 7.59. The lowest BCUT2D eigenvalue weighted by Gasteiger charge is -2.14. The van der Waals surface area contributed by atoms with Gasteiger partial charge in [0.15, 0.2) is 0 Å². The van der Waals surface area contributed by atoms with Crippen molar-refractivity contribution in [2.24, 2.45) is 0 Å². The number of thioether (sulfide) groups is 1. The zero-order valence-corrected chi connectivity index (χ0v) is 12.7. The van der Waals surface area contributed by atoms with Gasteiger partial charge in [0.2, 0.25) is 11.8 Å². The largest absolute Gasteiger partial charge is 0.481 e. The third-order valence-corrected chi connectivity index (χ3v) is 4.80. The molecule has 1 aromatic rings. The molecule has 1 rings (SSSR count). The first-order valence-electron chi connectivity index (χ1n) is 4.83. The van der Waals surface area contributed by atoms with Gasteiger partial charge < -0.3 is 10.5 Å². The molecular weight excluding hydrogens is 292 g/mol. The summed E-state index contributed by atoms with van der Waals surface area (Å²) in [6, 6.07) is 1.67. The Morgan fingerprint density at radius 3 is 2.67 bits per heavy atom. The van der Waals surface area contributed by atoms with Crippen LogP contribution >= 0.6 is 35.7 Å². The van der Waals surface area contributed by atoms with Crippen molar-refractivity contribution < 1.29 is 9.53 Å². The van der Waals surface area contributed by atoms with Crippen LogP contribution in [-0.4, -0.2) is 38.5 Å². The lowest BCUT2D eigenvalue weighted by atomic mass is 10.4. The Bertz CT molecular complexity index is 415. The average molecular weight is 306 g/mol. The Labute approximate surface area is 119 Å². The van der Waals surface area contributed by atoms with E-state index in [1.807, 2.05) is 12.5 Å².